The summed E-state index contributed by atoms with van der Waals surface area (Å²) in [5.41, 5.74) is 6.96. The maximum atomic E-state index is 10.7. The molecule has 94 valence electrons. The number of amides is 1. The molecule has 18 heavy (non-hydrogen) atoms. The van der Waals surface area contributed by atoms with E-state index in [0.717, 1.165) is 11.4 Å². The number of anilines is 2. The number of halogens is 1. The van der Waals surface area contributed by atoms with Gasteiger partial charge in [0.1, 0.15) is 5.88 Å². The minimum absolute atomic E-state index is 0.00507. The van der Waals surface area contributed by atoms with E-state index in [1.807, 2.05) is 60.7 Å². The first-order valence-electron chi connectivity index (χ1n) is 5.43. The SMILES string of the molecule is Nc1ccccc1.O=C(CCl)Nc1ccccc1. The predicted octanol–water partition coefficient (Wildman–Crippen LogP) is 3.13. The van der Waals surface area contributed by atoms with E-state index < -0.39 is 0 Å². The zero-order chi connectivity index (χ0) is 13.2. The summed E-state index contributed by atoms with van der Waals surface area (Å²) in [4.78, 5) is 10.7. The van der Waals surface area contributed by atoms with Crippen LogP contribution in [0, 0.1) is 0 Å². The van der Waals surface area contributed by atoms with Gasteiger partial charge < -0.3 is 11.1 Å². The molecule has 0 fully saturated rings. The molecule has 0 bridgehead atoms. The van der Waals surface area contributed by atoms with E-state index in [1.165, 1.54) is 0 Å². The Bertz CT molecular complexity index is 460. The van der Waals surface area contributed by atoms with Gasteiger partial charge in [-0.05, 0) is 24.3 Å². The van der Waals surface area contributed by atoms with Gasteiger partial charge in [-0.25, -0.2) is 0 Å². The van der Waals surface area contributed by atoms with Crippen LogP contribution in [0.25, 0.3) is 0 Å². The van der Waals surface area contributed by atoms with Crippen molar-refractivity contribution in [2.45, 2.75) is 0 Å². The zero-order valence-corrected chi connectivity index (χ0v) is 10.6. The molecular weight excluding hydrogens is 248 g/mol. The summed E-state index contributed by atoms with van der Waals surface area (Å²) in [6.45, 7) is 0. The summed E-state index contributed by atoms with van der Waals surface area (Å²) < 4.78 is 0. The smallest absolute Gasteiger partial charge is 0.239 e. The summed E-state index contributed by atoms with van der Waals surface area (Å²) in [6.07, 6.45) is 0. The van der Waals surface area contributed by atoms with Gasteiger partial charge in [0, 0.05) is 11.4 Å². The molecule has 3 nitrogen and oxygen atoms in total. The Morgan fingerprint density at radius 3 is 1.89 bits per heavy atom. The third-order valence-electron chi connectivity index (χ3n) is 1.98. The van der Waals surface area contributed by atoms with Crippen LogP contribution in [0.2, 0.25) is 0 Å². The average molecular weight is 263 g/mol. The second kappa shape index (κ2) is 8.14. The van der Waals surface area contributed by atoms with Crippen molar-refractivity contribution in [3.8, 4) is 0 Å². The second-order valence-corrected chi connectivity index (χ2v) is 3.73. The monoisotopic (exact) mass is 262 g/mol. The van der Waals surface area contributed by atoms with Crippen molar-refractivity contribution in [3.63, 3.8) is 0 Å². The highest BCUT2D eigenvalue weighted by Crippen LogP contribution is 2.04. The molecule has 2 aromatic carbocycles. The summed E-state index contributed by atoms with van der Waals surface area (Å²) in [5, 5.41) is 2.62. The molecule has 0 aliphatic heterocycles. The number of nitrogens with two attached hydrogens (primary N) is 1. The number of benzene rings is 2. The van der Waals surface area contributed by atoms with Crippen LogP contribution in [0.5, 0.6) is 0 Å². The fourth-order valence-electron chi connectivity index (χ4n) is 1.17. The van der Waals surface area contributed by atoms with Crippen molar-refractivity contribution in [1.29, 1.82) is 0 Å². The molecule has 2 aromatic rings. The number of carbonyl (C=O) groups excluding carboxylic acids is 1. The molecule has 0 saturated carbocycles. The van der Waals surface area contributed by atoms with Crippen molar-refractivity contribution in [2.24, 2.45) is 0 Å². The van der Waals surface area contributed by atoms with E-state index in [2.05, 4.69) is 5.32 Å². The van der Waals surface area contributed by atoms with E-state index in [9.17, 15) is 4.79 Å². The highest BCUT2D eigenvalue weighted by molar-refractivity contribution is 6.29. The molecule has 0 aromatic heterocycles. The van der Waals surface area contributed by atoms with Crippen LogP contribution < -0.4 is 11.1 Å². The minimum atomic E-state index is -0.183. The van der Waals surface area contributed by atoms with E-state index >= 15 is 0 Å². The molecule has 0 aliphatic carbocycles. The topological polar surface area (TPSA) is 55.1 Å². The van der Waals surface area contributed by atoms with Gasteiger partial charge in [-0.3, -0.25) is 4.79 Å². The van der Waals surface area contributed by atoms with Crippen molar-refractivity contribution >= 4 is 28.9 Å². The van der Waals surface area contributed by atoms with Gasteiger partial charge in [-0.2, -0.15) is 0 Å². The normalized spacial score (nSPS) is 8.94. The van der Waals surface area contributed by atoms with Crippen LogP contribution in [0.4, 0.5) is 11.4 Å². The van der Waals surface area contributed by atoms with Gasteiger partial charge in [-0.15, -0.1) is 11.6 Å². The van der Waals surface area contributed by atoms with Crippen LogP contribution >= 0.6 is 11.6 Å². The van der Waals surface area contributed by atoms with E-state index in [-0.39, 0.29) is 11.8 Å². The second-order valence-electron chi connectivity index (χ2n) is 3.46. The van der Waals surface area contributed by atoms with Gasteiger partial charge in [0.15, 0.2) is 0 Å². The quantitative estimate of drug-likeness (QED) is 0.645. The summed E-state index contributed by atoms with van der Waals surface area (Å²) in [5.74, 6) is -0.188. The molecule has 0 unspecified atom stereocenters. The average Bonchev–Trinajstić information content (AvgIpc) is 2.41. The lowest BCUT2D eigenvalue weighted by Crippen LogP contribution is -2.12. The van der Waals surface area contributed by atoms with Gasteiger partial charge >= 0.3 is 0 Å². The fraction of sp³-hybridized carbons (Fsp3) is 0.0714. The van der Waals surface area contributed by atoms with Crippen molar-refractivity contribution < 1.29 is 4.79 Å². The first-order valence-corrected chi connectivity index (χ1v) is 5.97. The van der Waals surface area contributed by atoms with Gasteiger partial charge in [0.2, 0.25) is 5.91 Å². The number of carbonyl (C=O) groups is 1. The molecule has 0 heterocycles. The van der Waals surface area contributed by atoms with Crippen LogP contribution in [-0.2, 0) is 4.79 Å². The van der Waals surface area contributed by atoms with E-state index in [1.54, 1.807) is 0 Å². The number of alkyl halides is 1. The third-order valence-corrected chi connectivity index (χ3v) is 2.22. The number of rotatable bonds is 2. The molecule has 1 amide bonds. The Hall–Kier alpha value is -2.00. The standard InChI is InChI=1S/C8H8ClNO.C6H7N/c9-6-8(11)10-7-4-2-1-3-5-7;7-6-4-2-1-3-5-6/h1-5H,6H2,(H,10,11);1-5H,7H2. The van der Waals surface area contributed by atoms with Crippen molar-refractivity contribution in [2.75, 3.05) is 16.9 Å². The predicted molar refractivity (Wildman–Crippen MR) is 76.6 cm³/mol. The maximum Gasteiger partial charge on any atom is 0.239 e. The Kier molecular flexibility index (Phi) is 6.36. The van der Waals surface area contributed by atoms with Crippen LogP contribution in [0.15, 0.2) is 60.7 Å². The molecule has 0 saturated heterocycles. The van der Waals surface area contributed by atoms with Crippen LogP contribution in [0.3, 0.4) is 0 Å². The Morgan fingerprint density at radius 1 is 1.00 bits per heavy atom. The van der Waals surface area contributed by atoms with E-state index in [0.29, 0.717) is 0 Å². The molecular formula is C14H15ClN2O. The summed E-state index contributed by atoms with van der Waals surface area (Å²) in [6, 6.07) is 18.7. The van der Waals surface area contributed by atoms with E-state index in [4.69, 9.17) is 17.3 Å². The van der Waals surface area contributed by atoms with Crippen molar-refractivity contribution in [3.05, 3.63) is 60.7 Å². The Balaban J connectivity index is 0.000000199. The highest BCUT2D eigenvalue weighted by Gasteiger charge is 1.96. The fourth-order valence-corrected chi connectivity index (χ4v) is 1.24. The minimum Gasteiger partial charge on any atom is -0.399 e. The third kappa shape index (κ3) is 5.92. The number of hydrogen-bond acceptors (Lipinski definition) is 2. The summed E-state index contributed by atoms with van der Waals surface area (Å²) in [7, 11) is 0. The number of para-hydroxylation sites is 2. The number of nitrogens with one attached hydrogen (secondary N) is 1. The van der Waals surface area contributed by atoms with Crippen LogP contribution in [0.1, 0.15) is 0 Å². The number of nitrogen functional groups attached to an aromatic ring is 1. The molecule has 0 aliphatic rings. The van der Waals surface area contributed by atoms with Crippen molar-refractivity contribution in [1.82, 2.24) is 0 Å². The maximum absolute atomic E-state index is 10.7. The van der Waals surface area contributed by atoms with Crippen LogP contribution in [-0.4, -0.2) is 11.8 Å². The Labute approximate surface area is 112 Å². The lowest BCUT2D eigenvalue weighted by atomic mass is 10.3. The van der Waals surface area contributed by atoms with Gasteiger partial charge in [-0.1, -0.05) is 36.4 Å². The lowest BCUT2D eigenvalue weighted by Gasteiger charge is -2.00. The number of hydrogen-bond donors (Lipinski definition) is 2. The Morgan fingerprint density at radius 2 is 1.50 bits per heavy atom. The summed E-state index contributed by atoms with van der Waals surface area (Å²) >= 11 is 5.29. The first kappa shape index (κ1) is 14.1. The molecule has 0 atom stereocenters. The lowest BCUT2D eigenvalue weighted by molar-refractivity contribution is -0.113. The molecule has 4 heteroatoms. The first-order chi connectivity index (χ1) is 8.72. The largest absolute Gasteiger partial charge is 0.399 e. The highest BCUT2D eigenvalue weighted by atomic mass is 35.5. The zero-order valence-electron chi connectivity index (χ0n) is 9.84. The molecule has 0 radical (unpaired) electrons. The van der Waals surface area contributed by atoms with Gasteiger partial charge in [0.05, 0.1) is 0 Å². The molecule has 2 rings (SSSR count). The molecule has 3 N–H and O–H groups in total. The molecule has 0 spiro atoms. The van der Waals surface area contributed by atoms with Gasteiger partial charge in [0.25, 0.3) is 0 Å².